The zero-order chi connectivity index (χ0) is 14.6. The number of hydrogen-bond donors (Lipinski definition) is 1. The zero-order valence-corrected chi connectivity index (χ0v) is 11.2. The van der Waals surface area contributed by atoms with Crippen molar-refractivity contribution in [1.29, 1.82) is 0 Å². The standard InChI is InChI=1S/C13H14O5S/c1-3-11(15)13-9(2)6-7-12(19(16,17)18)10(13)5-4-8-14/h3,6-8H,1,4-5H2,2H3,(H,16,17,18). The third-order valence-electron chi connectivity index (χ3n) is 2.70. The van der Waals surface area contributed by atoms with E-state index in [1.807, 2.05) is 0 Å². The van der Waals surface area contributed by atoms with Crippen LogP contribution in [0.1, 0.15) is 27.9 Å². The summed E-state index contributed by atoms with van der Waals surface area (Å²) in [6, 6.07) is 2.66. The Morgan fingerprint density at radius 1 is 1.42 bits per heavy atom. The van der Waals surface area contributed by atoms with E-state index in [-0.39, 0.29) is 28.9 Å². The van der Waals surface area contributed by atoms with Gasteiger partial charge in [0.25, 0.3) is 10.1 Å². The first kappa shape index (κ1) is 15.3. The van der Waals surface area contributed by atoms with Crippen molar-refractivity contribution < 1.29 is 22.6 Å². The summed E-state index contributed by atoms with van der Waals surface area (Å²) in [6.45, 7) is 5.01. The van der Waals surface area contributed by atoms with Crippen LogP contribution in [0.25, 0.3) is 0 Å². The lowest BCUT2D eigenvalue weighted by Gasteiger charge is -2.13. The molecule has 0 aromatic heterocycles. The van der Waals surface area contributed by atoms with Gasteiger partial charge in [-0.2, -0.15) is 8.42 Å². The van der Waals surface area contributed by atoms with Crippen molar-refractivity contribution in [3.63, 3.8) is 0 Å². The van der Waals surface area contributed by atoms with Crippen molar-refractivity contribution in [2.75, 3.05) is 0 Å². The number of carbonyl (C=O) groups excluding carboxylic acids is 2. The number of aldehydes is 1. The third-order valence-corrected chi connectivity index (χ3v) is 3.64. The number of aryl methyl sites for hydroxylation is 1. The number of hydrogen-bond acceptors (Lipinski definition) is 4. The van der Waals surface area contributed by atoms with Gasteiger partial charge in [0, 0.05) is 12.0 Å². The van der Waals surface area contributed by atoms with Crippen LogP contribution >= 0.6 is 0 Å². The van der Waals surface area contributed by atoms with Crippen LogP contribution in [0.2, 0.25) is 0 Å². The quantitative estimate of drug-likeness (QED) is 0.371. The maximum atomic E-state index is 11.8. The number of rotatable bonds is 6. The molecule has 0 atom stereocenters. The van der Waals surface area contributed by atoms with Crippen LogP contribution in [0.5, 0.6) is 0 Å². The molecule has 0 saturated carbocycles. The van der Waals surface area contributed by atoms with E-state index in [0.717, 1.165) is 6.08 Å². The normalized spacial score (nSPS) is 11.1. The van der Waals surface area contributed by atoms with E-state index in [4.69, 9.17) is 0 Å². The number of benzene rings is 1. The number of carbonyl (C=O) groups is 2. The minimum absolute atomic E-state index is 0.0589. The number of ketones is 1. The highest BCUT2D eigenvalue weighted by molar-refractivity contribution is 7.85. The van der Waals surface area contributed by atoms with Gasteiger partial charge in [0.2, 0.25) is 0 Å². The molecule has 0 spiro atoms. The second-order valence-electron chi connectivity index (χ2n) is 3.98. The smallest absolute Gasteiger partial charge is 0.294 e. The van der Waals surface area contributed by atoms with E-state index >= 15 is 0 Å². The Labute approximate surface area is 111 Å². The van der Waals surface area contributed by atoms with Gasteiger partial charge in [-0.1, -0.05) is 12.6 Å². The Balaban J connectivity index is 3.63. The van der Waals surface area contributed by atoms with Gasteiger partial charge < -0.3 is 4.79 Å². The van der Waals surface area contributed by atoms with Crippen LogP contribution in [0, 0.1) is 6.92 Å². The molecule has 0 aliphatic rings. The Morgan fingerprint density at radius 2 is 2.05 bits per heavy atom. The van der Waals surface area contributed by atoms with Gasteiger partial charge in [-0.15, -0.1) is 0 Å². The van der Waals surface area contributed by atoms with Crippen LogP contribution in [0.4, 0.5) is 0 Å². The summed E-state index contributed by atoms with van der Waals surface area (Å²) in [5.74, 6) is -0.441. The van der Waals surface area contributed by atoms with E-state index in [9.17, 15) is 22.6 Å². The Hall–Kier alpha value is -1.79. The lowest BCUT2D eigenvalue weighted by atomic mass is 9.95. The maximum absolute atomic E-state index is 11.8. The molecule has 0 radical (unpaired) electrons. The molecule has 0 fully saturated rings. The van der Waals surface area contributed by atoms with Crippen LogP contribution < -0.4 is 0 Å². The molecule has 0 amide bonds. The van der Waals surface area contributed by atoms with E-state index in [1.165, 1.54) is 12.1 Å². The molecule has 1 aromatic rings. The fourth-order valence-corrected chi connectivity index (χ4v) is 2.64. The molecule has 102 valence electrons. The molecular formula is C13H14O5S. The minimum Gasteiger partial charge on any atom is -0.303 e. The van der Waals surface area contributed by atoms with E-state index in [2.05, 4.69) is 6.58 Å². The monoisotopic (exact) mass is 282 g/mol. The lowest BCUT2D eigenvalue weighted by molar-refractivity contribution is -0.107. The summed E-state index contributed by atoms with van der Waals surface area (Å²) >= 11 is 0. The first-order chi connectivity index (χ1) is 8.82. The van der Waals surface area contributed by atoms with Gasteiger partial charge in [0.1, 0.15) is 6.29 Å². The second kappa shape index (κ2) is 5.90. The molecule has 0 unspecified atom stereocenters. The van der Waals surface area contributed by atoms with Crippen LogP contribution in [-0.4, -0.2) is 25.0 Å². The topological polar surface area (TPSA) is 88.5 Å². The van der Waals surface area contributed by atoms with E-state index in [0.29, 0.717) is 11.8 Å². The molecule has 6 heteroatoms. The van der Waals surface area contributed by atoms with Crippen LogP contribution in [0.15, 0.2) is 29.7 Å². The van der Waals surface area contributed by atoms with Gasteiger partial charge in [-0.05, 0) is 36.6 Å². The summed E-state index contributed by atoms with van der Waals surface area (Å²) in [4.78, 5) is 21.9. The summed E-state index contributed by atoms with van der Waals surface area (Å²) in [7, 11) is -4.45. The largest absolute Gasteiger partial charge is 0.303 e. The fraction of sp³-hybridized carbons (Fsp3) is 0.231. The van der Waals surface area contributed by atoms with Crippen molar-refractivity contribution in [3.05, 3.63) is 41.5 Å². The summed E-state index contributed by atoms with van der Waals surface area (Å²) in [6.07, 6.45) is 1.82. The Bertz CT molecular complexity index is 629. The third kappa shape index (κ3) is 3.36. The maximum Gasteiger partial charge on any atom is 0.294 e. The molecule has 0 aliphatic carbocycles. The highest BCUT2D eigenvalue weighted by Crippen LogP contribution is 2.25. The van der Waals surface area contributed by atoms with Gasteiger partial charge in [-0.25, -0.2) is 0 Å². The van der Waals surface area contributed by atoms with E-state index in [1.54, 1.807) is 6.92 Å². The lowest BCUT2D eigenvalue weighted by Crippen LogP contribution is -2.11. The van der Waals surface area contributed by atoms with Gasteiger partial charge in [0.05, 0.1) is 4.90 Å². The van der Waals surface area contributed by atoms with E-state index < -0.39 is 15.9 Å². The van der Waals surface area contributed by atoms with Gasteiger partial charge in [0.15, 0.2) is 5.78 Å². The molecule has 19 heavy (non-hydrogen) atoms. The molecule has 0 bridgehead atoms. The summed E-state index contributed by atoms with van der Waals surface area (Å²) in [5.41, 5.74) is 0.893. The van der Waals surface area contributed by atoms with Crippen molar-refractivity contribution in [2.45, 2.75) is 24.7 Å². The molecular weight excluding hydrogens is 268 g/mol. The van der Waals surface area contributed by atoms with Gasteiger partial charge in [-0.3, -0.25) is 9.35 Å². The Kier molecular flexibility index (Phi) is 4.74. The highest BCUT2D eigenvalue weighted by atomic mass is 32.2. The molecule has 1 rings (SSSR count). The Morgan fingerprint density at radius 3 is 2.53 bits per heavy atom. The second-order valence-corrected chi connectivity index (χ2v) is 5.37. The first-order valence-electron chi connectivity index (χ1n) is 5.53. The predicted octanol–water partition coefficient (Wildman–Crippen LogP) is 1.74. The predicted molar refractivity (Wildman–Crippen MR) is 69.9 cm³/mol. The van der Waals surface area contributed by atoms with Crippen molar-refractivity contribution in [1.82, 2.24) is 0 Å². The summed E-state index contributed by atoms with van der Waals surface area (Å²) in [5, 5.41) is 0. The van der Waals surface area contributed by atoms with Crippen molar-refractivity contribution >= 4 is 22.2 Å². The molecule has 0 saturated heterocycles. The SMILES string of the molecule is C=CC(=O)c1c(C)ccc(S(=O)(=O)O)c1CCC=O. The average molecular weight is 282 g/mol. The number of allylic oxidation sites excluding steroid dienone is 1. The molecule has 1 N–H and O–H groups in total. The first-order valence-corrected chi connectivity index (χ1v) is 6.97. The summed E-state index contributed by atoms with van der Waals surface area (Å²) < 4.78 is 31.8. The average Bonchev–Trinajstić information content (AvgIpc) is 2.33. The molecule has 1 aromatic carbocycles. The zero-order valence-electron chi connectivity index (χ0n) is 10.4. The molecule has 0 aliphatic heterocycles. The highest BCUT2D eigenvalue weighted by Gasteiger charge is 2.22. The van der Waals surface area contributed by atoms with Gasteiger partial charge >= 0.3 is 0 Å². The van der Waals surface area contributed by atoms with Crippen molar-refractivity contribution in [3.8, 4) is 0 Å². The molecule has 0 heterocycles. The van der Waals surface area contributed by atoms with Crippen LogP contribution in [0.3, 0.4) is 0 Å². The van der Waals surface area contributed by atoms with Crippen LogP contribution in [-0.2, 0) is 21.3 Å². The van der Waals surface area contributed by atoms with Crippen molar-refractivity contribution in [2.24, 2.45) is 0 Å². The molecule has 5 nitrogen and oxygen atoms in total. The minimum atomic E-state index is -4.45. The fourth-order valence-electron chi connectivity index (χ4n) is 1.88.